The lowest BCUT2D eigenvalue weighted by Gasteiger charge is -2.41. The summed E-state index contributed by atoms with van der Waals surface area (Å²) in [6.07, 6.45) is 0. The van der Waals surface area contributed by atoms with E-state index in [0.717, 1.165) is 22.7 Å². The minimum Gasteiger partial charge on any atom is -0.497 e. The normalized spacial score (nSPS) is 16.9. The van der Waals surface area contributed by atoms with Gasteiger partial charge in [-0.3, -0.25) is 4.79 Å². The highest BCUT2D eigenvalue weighted by Gasteiger charge is 2.30. The van der Waals surface area contributed by atoms with Crippen molar-refractivity contribution in [3.05, 3.63) is 58.7 Å². The molecular weight excluding hydrogens is 403 g/mol. The van der Waals surface area contributed by atoms with E-state index < -0.39 is 0 Å². The van der Waals surface area contributed by atoms with Crippen molar-refractivity contribution in [3.63, 3.8) is 0 Å². The molecule has 0 N–H and O–H groups in total. The first-order chi connectivity index (χ1) is 14.5. The average molecular weight is 429 g/mol. The molecule has 0 radical (unpaired) electrons. The van der Waals surface area contributed by atoms with E-state index in [1.165, 1.54) is 17.4 Å². The zero-order chi connectivity index (χ0) is 21.3. The summed E-state index contributed by atoms with van der Waals surface area (Å²) >= 11 is 1.34. The highest BCUT2D eigenvalue weighted by atomic mass is 32.1. The summed E-state index contributed by atoms with van der Waals surface area (Å²) in [5.41, 5.74) is 1.72. The van der Waals surface area contributed by atoms with Crippen LogP contribution in [0.2, 0.25) is 0 Å². The number of carbonyl (C=O) groups excluding carboxylic acids is 1. The Morgan fingerprint density at radius 2 is 2.00 bits per heavy atom. The number of piperazine rings is 1. The Morgan fingerprint density at radius 3 is 2.73 bits per heavy atom. The first-order valence-corrected chi connectivity index (χ1v) is 10.7. The first-order valence-electron chi connectivity index (χ1n) is 9.92. The van der Waals surface area contributed by atoms with Crippen LogP contribution in [-0.4, -0.2) is 50.7 Å². The SMILES string of the molecule is COCc1c(C(=O)N2CCN(c3cccc(OC)c3)C(C)C2)sc2cccc(F)c12. The molecular formula is C23H25FN2O3S. The van der Waals surface area contributed by atoms with Crippen LogP contribution in [0.4, 0.5) is 10.1 Å². The third kappa shape index (κ3) is 3.75. The van der Waals surface area contributed by atoms with Gasteiger partial charge in [0.25, 0.3) is 5.91 Å². The minimum atomic E-state index is -0.314. The molecule has 1 aliphatic heterocycles. The van der Waals surface area contributed by atoms with Gasteiger partial charge in [0.1, 0.15) is 11.6 Å². The molecule has 30 heavy (non-hydrogen) atoms. The van der Waals surface area contributed by atoms with Gasteiger partial charge in [-0.1, -0.05) is 12.1 Å². The van der Waals surface area contributed by atoms with E-state index in [-0.39, 0.29) is 24.4 Å². The Morgan fingerprint density at radius 1 is 1.20 bits per heavy atom. The van der Waals surface area contributed by atoms with Crippen LogP contribution in [0, 0.1) is 5.82 Å². The lowest BCUT2D eigenvalue weighted by Crippen LogP contribution is -2.53. The summed E-state index contributed by atoms with van der Waals surface area (Å²) in [6.45, 7) is 4.24. The number of fused-ring (bicyclic) bond motifs is 1. The first kappa shape index (κ1) is 20.6. The largest absolute Gasteiger partial charge is 0.497 e. The molecule has 0 aliphatic carbocycles. The van der Waals surface area contributed by atoms with E-state index in [1.807, 2.05) is 29.2 Å². The monoisotopic (exact) mass is 428 g/mol. The van der Waals surface area contributed by atoms with Crippen molar-refractivity contribution in [1.29, 1.82) is 0 Å². The van der Waals surface area contributed by atoms with E-state index in [4.69, 9.17) is 9.47 Å². The van der Waals surface area contributed by atoms with Crippen molar-refractivity contribution in [2.45, 2.75) is 19.6 Å². The molecule has 158 valence electrons. The van der Waals surface area contributed by atoms with Gasteiger partial charge in [0.05, 0.1) is 18.6 Å². The van der Waals surface area contributed by atoms with E-state index in [1.54, 1.807) is 20.3 Å². The van der Waals surface area contributed by atoms with E-state index in [2.05, 4.69) is 17.9 Å². The molecule has 1 atom stereocenters. The van der Waals surface area contributed by atoms with Gasteiger partial charge in [-0.25, -0.2) is 4.39 Å². The van der Waals surface area contributed by atoms with Crippen LogP contribution in [0.25, 0.3) is 10.1 Å². The molecule has 1 aromatic heterocycles. The molecule has 1 unspecified atom stereocenters. The molecule has 3 aromatic rings. The predicted molar refractivity (Wildman–Crippen MR) is 118 cm³/mol. The van der Waals surface area contributed by atoms with E-state index in [9.17, 15) is 9.18 Å². The Balaban J connectivity index is 1.58. The number of hydrogen-bond acceptors (Lipinski definition) is 5. The fraction of sp³-hybridized carbons (Fsp3) is 0.348. The summed E-state index contributed by atoms with van der Waals surface area (Å²) in [5.74, 6) is 0.445. The number of halogens is 1. The second-order valence-corrected chi connectivity index (χ2v) is 8.50. The molecule has 0 spiro atoms. The molecule has 7 heteroatoms. The maximum absolute atomic E-state index is 14.5. The fourth-order valence-electron chi connectivity index (χ4n) is 4.08. The quantitative estimate of drug-likeness (QED) is 0.598. The number of anilines is 1. The number of methoxy groups -OCH3 is 2. The molecule has 2 aromatic carbocycles. The molecule has 5 nitrogen and oxygen atoms in total. The van der Waals surface area contributed by atoms with E-state index >= 15 is 0 Å². The van der Waals surface area contributed by atoms with Gasteiger partial charge < -0.3 is 19.3 Å². The van der Waals surface area contributed by atoms with Gasteiger partial charge in [-0.2, -0.15) is 0 Å². The number of carbonyl (C=O) groups is 1. The van der Waals surface area contributed by atoms with Crippen molar-refractivity contribution in [2.75, 3.05) is 38.8 Å². The number of benzene rings is 2. The highest BCUT2D eigenvalue weighted by molar-refractivity contribution is 7.21. The zero-order valence-corrected chi connectivity index (χ0v) is 18.2. The van der Waals surface area contributed by atoms with Crippen molar-refractivity contribution >= 4 is 33.0 Å². The van der Waals surface area contributed by atoms with Crippen LogP contribution in [0.15, 0.2) is 42.5 Å². The lowest BCUT2D eigenvalue weighted by molar-refractivity contribution is 0.0727. The fourth-order valence-corrected chi connectivity index (χ4v) is 5.27. The smallest absolute Gasteiger partial charge is 0.264 e. The van der Waals surface area contributed by atoms with E-state index in [0.29, 0.717) is 28.9 Å². The predicted octanol–water partition coefficient (Wildman–Crippen LogP) is 4.55. The number of amides is 1. The summed E-state index contributed by atoms with van der Waals surface area (Å²) < 4.78 is 25.9. The highest BCUT2D eigenvalue weighted by Crippen LogP contribution is 2.35. The zero-order valence-electron chi connectivity index (χ0n) is 17.4. The molecule has 0 saturated carbocycles. The molecule has 2 heterocycles. The van der Waals surface area contributed by atoms with Gasteiger partial charge in [-0.15, -0.1) is 11.3 Å². The third-order valence-corrected chi connectivity index (χ3v) is 6.73. The van der Waals surface area contributed by atoms with Crippen LogP contribution in [0.1, 0.15) is 22.2 Å². The van der Waals surface area contributed by atoms with Crippen LogP contribution >= 0.6 is 11.3 Å². The van der Waals surface area contributed by atoms with Gasteiger partial charge in [0.15, 0.2) is 0 Å². The number of thiophene rings is 1. The Hall–Kier alpha value is -2.64. The second-order valence-electron chi connectivity index (χ2n) is 7.45. The van der Waals surface area contributed by atoms with Crippen molar-refractivity contribution in [2.24, 2.45) is 0 Å². The Kier molecular flexibility index (Phi) is 5.92. The molecule has 1 amide bonds. The van der Waals surface area contributed by atoms with Gasteiger partial charge >= 0.3 is 0 Å². The number of hydrogen-bond donors (Lipinski definition) is 0. The molecule has 1 aliphatic rings. The van der Waals surface area contributed by atoms with Gasteiger partial charge in [0.2, 0.25) is 0 Å². The standard InChI is InChI=1S/C23H25FN2O3S/c1-15-13-25(10-11-26(15)16-6-4-7-17(12-16)29-3)23(27)22-18(14-28-2)21-19(24)8-5-9-20(21)30-22/h4-9,12,15H,10-11,13-14H2,1-3H3. The molecule has 0 bridgehead atoms. The van der Waals surface area contributed by atoms with Crippen LogP contribution in [-0.2, 0) is 11.3 Å². The summed E-state index contributed by atoms with van der Waals surface area (Å²) in [6, 6.07) is 13.1. The maximum Gasteiger partial charge on any atom is 0.264 e. The minimum absolute atomic E-state index is 0.0557. The van der Waals surface area contributed by atoms with Crippen LogP contribution in [0.3, 0.4) is 0 Å². The van der Waals surface area contributed by atoms with Crippen molar-refractivity contribution < 1.29 is 18.7 Å². The number of nitrogens with zero attached hydrogens (tertiary/aromatic N) is 2. The summed E-state index contributed by atoms with van der Waals surface area (Å²) in [4.78, 5) is 18.1. The topological polar surface area (TPSA) is 42.0 Å². The summed E-state index contributed by atoms with van der Waals surface area (Å²) in [7, 11) is 3.22. The van der Waals surface area contributed by atoms with Gasteiger partial charge in [-0.05, 0) is 31.2 Å². The molecule has 1 saturated heterocycles. The van der Waals surface area contributed by atoms with Crippen LogP contribution < -0.4 is 9.64 Å². The molecule has 4 rings (SSSR count). The second kappa shape index (κ2) is 8.62. The van der Waals surface area contributed by atoms with Crippen molar-refractivity contribution in [3.8, 4) is 5.75 Å². The lowest BCUT2D eigenvalue weighted by atomic mass is 10.1. The van der Waals surface area contributed by atoms with Crippen LogP contribution in [0.5, 0.6) is 5.75 Å². The Labute approximate surface area is 179 Å². The number of rotatable bonds is 5. The van der Waals surface area contributed by atoms with Gasteiger partial charge in [0, 0.05) is 60.2 Å². The average Bonchev–Trinajstić information content (AvgIpc) is 3.13. The molecule has 1 fully saturated rings. The summed E-state index contributed by atoms with van der Waals surface area (Å²) in [5, 5.41) is 0.496. The maximum atomic E-state index is 14.5. The third-order valence-electron chi connectivity index (χ3n) is 5.55. The van der Waals surface area contributed by atoms with Crippen molar-refractivity contribution in [1.82, 2.24) is 4.90 Å². The number of ether oxygens (including phenoxy) is 2. The Bertz CT molecular complexity index is 1070.